The van der Waals surface area contributed by atoms with Crippen LogP contribution in [-0.2, 0) is 9.53 Å². The molecule has 0 saturated carbocycles. The van der Waals surface area contributed by atoms with Gasteiger partial charge in [-0.1, -0.05) is 23.4 Å². The van der Waals surface area contributed by atoms with Crippen LogP contribution in [-0.4, -0.2) is 27.8 Å². The molecular weight excluding hydrogens is 164 g/mol. The van der Waals surface area contributed by atoms with Gasteiger partial charge in [0.2, 0.25) is 0 Å². The summed E-state index contributed by atoms with van der Waals surface area (Å²) < 4.78 is 3.23. The molecule has 1 N–H and O–H groups in total. The summed E-state index contributed by atoms with van der Waals surface area (Å²) in [5.41, 5.74) is 0. The van der Waals surface area contributed by atoms with Crippen molar-refractivity contribution in [1.29, 1.82) is 0 Å². The van der Waals surface area contributed by atoms with E-state index in [9.17, 15) is 4.79 Å². The first-order valence-electron chi connectivity index (χ1n) is 2.35. The van der Waals surface area contributed by atoms with E-state index >= 15 is 0 Å². The molecule has 1 heterocycles. The number of halogens is 1. The standard InChI is InChI=1S/C4H5ClO3S/c5-4(3(6)7)8-1-2-9-4/h1-2H2,(H,6,7). The van der Waals surface area contributed by atoms with Gasteiger partial charge in [-0.2, -0.15) is 0 Å². The lowest BCUT2D eigenvalue weighted by Crippen LogP contribution is -2.27. The highest BCUT2D eigenvalue weighted by Gasteiger charge is 2.41. The highest BCUT2D eigenvalue weighted by atomic mass is 35.5. The van der Waals surface area contributed by atoms with Crippen molar-refractivity contribution in [3.63, 3.8) is 0 Å². The van der Waals surface area contributed by atoms with Gasteiger partial charge in [-0.3, -0.25) is 0 Å². The van der Waals surface area contributed by atoms with Crippen molar-refractivity contribution < 1.29 is 14.6 Å². The van der Waals surface area contributed by atoms with Gasteiger partial charge < -0.3 is 9.84 Å². The van der Waals surface area contributed by atoms with Gasteiger partial charge in [0.15, 0.2) is 0 Å². The molecule has 52 valence electrons. The fourth-order valence-electron chi connectivity index (χ4n) is 0.511. The number of ether oxygens (including phenoxy) is 1. The van der Waals surface area contributed by atoms with Crippen LogP contribution >= 0.6 is 23.4 Å². The van der Waals surface area contributed by atoms with Crippen LogP contribution in [0.1, 0.15) is 0 Å². The lowest BCUT2D eigenvalue weighted by Gasteiger charge is -2.11. The molecule has 0 aromatic heterocycles. The van der Waals surface area contributed by atoms with Gasteiger partial charge in [0.1, 0.15) is 0 Å². The van der Waals surface area contributed by atoms with E-state index in [0.29, 0.717) is 12.4 Å². The molecule has 0 aromatic rings. The number of carbonyl (C=O) groups is 1. The number of alkyl halides is 1. The van der Waals surface area contributed by atoms with Crippen LogP contribution in [0, 0.1) is 0 Å². The maximum absolute atomic E-state index is 10.2. The van der Waals surface area contributed by atoms with Gasteiger partial charge in [-0.15, -0.1) is 0 Å². The number of carboxylic acids is 1. The minimum Gasteiger partial charge on any atom is -0.477 e. The van der Waals surface area contributed by atoms with E-state index in [2.05, 4.69) is 0 Å². The summed E-state index contributed by atoms with van der Waals surface area (Å²) in [5.74, 6) is -0.470. The molecule has 1 atom stereocenters. The molecular formula is C4H5ClO3S. The maximum atomic E-state index is 10.2. The molecule has 0 radical (unpaired) electrons. The zero-order valence-corrected chi connectivity index (χ0v) is 6.04. The first-order valence-corrected chi connectivity index (χ1v) is 3.72. The summed E-state index contributed by atoms with van der Waals surface area (Å²) >= 11 is 6.54. The molecule has 3 nitrogen and oxygen atoms in total. The molecule has 1 aliphatic rings. The zero-order chi connectivity index (χ0) is 6.91. The smallest absolute Gasteiger partial charge is 0.363 e. The van der Waals surface area contributed by atoms with Crippen LogP contribution in [0.15, 0.2) is 0 Å². The molecule has 1 unspecified atom stereocenters. The monoisotopic (exact) mass is 168 g/mol. The molecule has 1 saturated heterocycles. The average molecular weight is 169 g/mol. The first kappa shape index (κ1) is 7.18. The van der Waals surface area contributed by atoms with Crippen molar-refractivity contribution in [3.05, 3.63) is 0 Å². The van der Waals surface area contributed by atoms with E-state index in [-0.39, 0.29) is 0 Å². The van der Waals surface area contributed by atoms with E-state index in [0.717, 1.165) is 11.8 Å². The third kappa shape index (κ3) is 1.31. The molecule has 0 aliphatic carbocycles. The van der Waals surface area contributed by atoms with E-state index in [1.54, 1.807) is 0 Å². The number of carboxylic acid groups (broad SMARTS) is 1. The quantitative estimate of drug-likeness (QED) is 0.587. The Morgan fingerprint density at radius 1 is 1.89 bits per heavy atom. The van der Waals surface area contributed by atoms with Crippen molar-refractivity contribution in [3.8, 4) is 0 Å². The maximum Gasteiger partial charge on any atom is 0.363 e. The largest absolute Gasteiger partial charge is 0.477 e. The Bertz CT molecular complexity index is 132. The van der Waals surface area contributed by atoms with Crippen LogP contribution in [0.4, 0.5) is 0 Å². The topological polar surface area (TPSA) is 46.5 Å². The minimum absolute atomic E-state index is 0.417. The Morgan fingerprint density at radius 3 is 2.78 bits per heavy atom. The van der Waals surface area contributed by atoms with E-state index in [1.807, 2.05) is 0 Å². The average Bonchev–Trinajstić information content (AvgIpc) is 2.16. The Morgan fingerprint density at radius 2 is 2.56 bits per heavy atom. The summed E-state index contributed by atoms with van der Waals surface area (Å²) in [6.07, 6.45) is 0. The summed E-state index contributed by atoms with van der Waals surface area (Å²) in [4.78, 5) is 10.2. The summed E-state index contributed by atoms with van der Waals surface area (Å²) in [5, 5.41) is 8.39. The molecule has 0 amide bonds. The molecule has 0 bridgehead atoms. The van der Waals surface area contributed by atoms with E-state index in [1.165, 1.54) is 0 Å². The van der Waals surface area contributed by atoms with Gasteiger partial charge in [0.05, 0.1) is 6.61 Å². The Labute approximate surface area is 61.3 Å². The van der Waals surface area contributed by atoms with Gasteiger partial charge >= 0.3 is 5.97 Å². The van der Waals surface area contributed by atoms with Gasteiger partial charge in [-0.05, 0) is 0 Å². The number of aliphatic carboxylic acids is 1. The third-order valence-corrected chi connectivity index (χ3v) is 2.55. The van der Waals surface area contributed by atoms with E-state index in [4.69, 9.17) is 21.4 Å². The minimum atomic E-state index is -1.50. The van der Waals surface area contributed by atoms with Crippen LogP contribution < -0.4 is 0 Å². The lowest BCUT2D eigenvalue weighted by atomic mass is 10.7. The number of hydrogen-bond donors (Lipinski definition) is 1. The second-order valence-corrected chi connectivity index (χ2v) is 3.57. The Hall–Kier alpha value is 0.0700. The van der Waals surface area contributed by atoms with Crippen molar-refractivity contribution >= 4 is 29.3 Å². The number of thioether (sulfide) groups is 1. The predicted octanol–water partition coefficient (Wildman–Crippen LogP) is 0.727. The summed E-state index contributed by atoms with van der Waals surface area (Å²) in [6.45, 7) is 0.417. The molecule has 0 spiro atoms. The SMILES string of the molecule is O=C(O)C1(Cl)OCCS1. The van der Waals surface area contributed by atoms with E-state index < -0.39 is 10.4 Å². The van der Waals surface area contributed by atoms with Crippen LogP contribution in [0.2, 0.25) is 0 Å². The summed E-state index contributed by atoms with van der Waals surface area (Å²) in [6, 6.07) is 0. The zero-order valence-electron chi connectivity index (χ0n) is 4.46. The van der Waals surface area contributed by atoms with Gasteiger partial charge in [0.25, 0.3) is 4.39 Å². The Balaban J connectivity index is 2.61. The lowest BCUT2D eigenvalue weighted by molar-refractivity contribution is -0.146. The Kier molecular flexibility index (Phi) is 1.88. The second kappa shape index (κ2) is 2.36. The van der Waals surface area contributed by atoms with Crippen molar-refractivity contribution in [2.75, 3.05) is 12.4 Å². The van der Waals surface area contributed by atoms with Crippen molar-refractivity contribution in [1.82, 2.24) is 0 Å². The fraction of sp³-hybridized carbons (Fsp3) is 0.750. The molecule has 1 aliphatic heterocycles. The fourth-order valence-corrected chi connectivity index (χ4v) is 1.54. The molecule has 5 heteroatoms. The first-order chi connectivity index (χ1) is 4.15. The highest BCUT2D eigenvalue weighted by molar-refractivity contribution is 8.02. The number of rotatable bonds is 1. The molecule has 0 aromatic carbocycles. The van der Waals surface area contributed by atoms with Crippen LogP contribution in [0.5, 0.6) is 0 Å². The van der Waals surface area contributed by atoms with Crippen LogP contribution in [0.3, 0.4) is 0 Å². The van der Waals surface area contributed by atoms with Crippen molar-refractivity contribution in [2.24, 2.45) is 0 Å². The highest BCUT2D eigenvalue weighted by Crippen LogP contribution is 2.36. The van der Waals surface area contributed by atoms with Crippen LogP contribution in [0.25, 0.3) is 0 Å². The van der Waals surface area contributed by atoms with Crippen molar-refractivity contribution in [2.45, 2.75) is 4.39 Å². The third-order valence-electron chi connectivity index (χ3n) is 0.914. The molecule has 1 rings (SSSR count). The summed E-state index contributed by atoms with van der Waals surface area (Å²) in [7, 11) is 0. The second-order valence-electron chi connectivity index (χ2n) is 1.54. The normalized spacial score (nSPS) is 34.8. The van der Waals surface area contributed by atoms with Gasteiger partial charge in [-0.25, -0.2) is 4.79 Å². The number of hydrogen-bond acceptors (Lipinski definition) is 3. The molecule has 1 fully saturated rings. The van der Waals surface area contributed by atoms with Gasteiger partial charge in [0, 0.05) is 5.75 Å². The molecule has 9 heavy (non-hydrogen) atoms. The predicted molar refractivity (Wildman–Crippen MR) is 34.6 cm³/mol.